The van der Waals surface area contributed by atoms with Crippen molar-refractivity contribution in [2.24, 2.45) is 11.8 Å². The summed E-state index contributed by atoms with van der Waals surface area (Å²) < 4.78 is 0. The van der Waals surface area contributed by atoms with Crippen molar-refractivity contribution >= 4 is 17.6 Å². The molecule has 2 fully saturated rings. The molecule has 1 aliphatic carbocycles. The molecule has 0 spiro atoms. The predicted molar refractivity (Wildman–Crippen MR) is 52.8 cm³/mol. The van der Waals surface area contributed by atoms with Gasteiger partial charge in [-0.25, -0.2) is 0 Å². The Bertz CT molecular complexity index is 327. The van der Waals surface area contributed by atoms with Crippen LogP contribution in [-0.4, -0.2) is 28.0 Å². The average Bonchev–Trinajstić information content (AvgIpc) is 2.52. The summed E-state index contributed by atoms with van der Waals surface area (Å²) in [6.45, 7) is 5.52. The highest BCUT2D eigenvalue weighted by molar-refractivity contribution is 6.10. The summed E-state index contributed by atoms with van der Waals surface area (Å²) in [5, 5.41) is 0. The molecule has 4 heteroatoms. The normalized spacial score (nSPS) is 31.4. The fraction of sp³-hybridized carbons (Fsp3) is 0.727. The third kappa shape index (κ3) is 1.39. The molecule has 1 aliphatic heterocycles. The monoisotopic (exact) mass is 209 g/mol. The fourth-order valence-electron chi connectivity index (χ4n) is 2.48. The van der Waals surface area contributed by atoms with Gasteiger partial charge in [-0.1, -0.05) is 0 Å². The van der Waals surface area contributed by atoms with Crippen molar-refractivity contribution < 1.29 is 14.4 Å². The molecule has 2 aliphatic rings. The summed E-state index contributed by atoms with van der Waals surface area (Å²) in [5.41, 5.74) is -0.471. The third-order valence-corrected chi connectivity index (χ3v) is 3.13. The van der Waals surface area contributed by atoms with E-state index >= 15 is 0 Å². The molecule has 2 unspecified atom stereocenters. The number of ketones is 1. The second-order valence-corrected chi connectivity index (χ2v) is 5.34. The maximum atomic E-state index is 11.9. The van der Waals surface area contributed by atoms with E-state index in [4.69, 9.17) is 0 Å². The molecule has 82 valence electrons. The van der Waals surface area contributed by atoms with E-state index in [-0.39, 0.29) is 42.3 Å². The molecule has 0 aromatic rings. The quantitative estimate of drug-likeness (QED) is 0.553. The lowest BCUT2D eigenvalue weighted by molar-refractivity contribution is -0.146. The fourth-order valence-corrected chi connectivity index (χ4v) is 2.48. The summed E-state index contributed by atoms with van der Waals surface area (Å²) >= 11 is 0. The van der Waals surface area contributed by atoms with Crippen LogP contribution < -0.4 is 0 Å². The zero-order valence-electron chi connectivity index (χ0n) is 9.24. The third-order valence-electron chi connectivity index (χ3n) is 3.13. The molecule has 0 radical (unpaired) electrons. The average molecular weight is 209 g/mol. The molecule has 1 saturated carbocycles. The first-order valence-corrected chi connectivity index (χ1v) is 5.22. The minimum Gasteiger partial charge on any atom is -0.300 e. The first kappa shape index (κ1) is 10.3. The van der Waals surface area contributed by atoms with Gasteiger partial charge in [-0.05, 0) is 20.8 Å². The summed E-state index contributed by atoms with van der Waals surface area (Å²) in [6, 6.07) is 0. The van der Waals surface area contributed by atoms with Gasteiger partial charge in [0, 0.05) is 18.4 Å². The highest BCUT2D eigenvalue weighted by Gasteiger charge is 2.55. The first-order chi connectivity index (χ1) is 6.82. The molecular weight excluding hydrogens is 194 g/mol. The number of amides is 2. The Kier molecular flexibility index (Phi) is 2.00. The van der Waals surface area contributed by atoms with Crippen molar-refractivity contribution in [1.29, 1.82) is 0 Å². The van der Waals surface area contributed by atoms with E-state index in [1.165, 1.54) is 4.90 Å². The number of nitrogens with zero attached hydrogens (tertiary/aromatic N) is 1. The Hall–Kier alpha value is -1.19. The Morgan fingerprint density at radius 3 is 1.73 bits per heavy atom. The predicted octanol–water partition coefficient (Wildman–Crippen LogP) is 0.749. The van der Waals surface area contributed by atoms with E-state index in [2.05, 4.69) is 0 Å². The maximum absolute atomic E-state index is 11.9. The van der Waals surface area contributed by atoms with Gasteiger partial charge in [-0.2, -0.15) is 0 Å². The summed E-state index contributed by atoms with van der Waals surface area (Å²) in [4.78, 5) is 36.4. The van der Waals surface area contributed by atoms with Crippen LogP contribution in [0.2, 0.25) is 0 Å². The van der Waals surface area contributed by atoms with Gasteiger partial charge in [-0.15, -0.1) is 0 Å². The van der Waals surface area contributed by atoms with Crippen molar-refractivity contribution in [3.63, 3.8) is 0 Å². The molecule has 2 amide bonds. The number of rotatable bonds is 0. The van der Waals surface area contributed by atoms with Crippen molar-refractivity contribution in [3.05, 3.63) is 0 Å². The van der Waals surface area contributed by atoms with E-state index in [0.29, 0.717) is 0 Å². The standard InChI is InChI=1S/C11H15NO3/c1-11(2,3)12-9(14)7-4-6(13)5-8(7)10(12)15/h7-8H,4-5H2,1-3H3. The zero-order valence-corrected chi connectivity index (χ0v) is 9.24. The Morgan fingerprint density at radius 1 is 1.00 bits per heavy atom. The van der Waals surface area contributed by atoms with Gasteiger partial charge in [0.25, 0.3) is 0 Å². The van der Waals surface area contributed by atoms with Crippen LogP contribution in [0.4, 0.5) is 0 Å². The molecule has 0 aromatic carbocycles. The Labute approximate surface area is 88.6 Å². The van der Waals surface area contributed by atoms with E-state index < -0.39 is 5.54 Å². The highest BCUT2D eigenvalue weighted by atomic mass is 16.2. The molecule has 0 bridgehead atoms. The van der Waals surface area contributed by atoms with Gasteiger partial charge in [0.05, 0.1) is 11.8 Å². The van der Waals surface area contributed by atoms with Crippen molar-refractivity contribution in [2.75, 3.05) is 0 Å². The van der Waals surface area contributed by atoms with Gasteiger partial charge in [0.1, 0.15) is 5.78 Å². The van der Waals surface area contributed by atoms with E-state index in [9.17, 15) is 14.4 Å². The number of hydrogen-bond acceptors (Lipinski definition) is 3. The lowest BCUT2D eigenvalue weighted by Gasteiger charge is -2.30. The molecule has 2 rings (SSSR count). The number of fused-ring (bicyclic) bond motifs is 1. The van der Waals surface area contributed by atoms with Crippen LogP contribution in [0.15, 0.2) is 0 Å². The van der Waals surface area contributed by atoms with Gasteiger partial charge >= 0.3 is 0 Å². The Morgan fingerprint density at radius 2 is 1.40 bits per heavy atom. The Balaban J connectivity index is 2.32. The van der Waals surface area contributed by atoms with E-state index in [0.717, 1.165) is 0 Å². The lowest BCUT2D eigenvalue weighted by atomic mass is 10.00. The van der Waals surface area contributed by atoms with Crippen molar-refractivity contribution in [3.8, 4) is 0 Å². The van der Waals surface area contributed by atoms with Crippen molar-refractivity contribution in [1.82, 2.24) is 4.90 Å². The molecular formula is C11H15NO3. The second-order valence-electron chi connectivity index (χ2n) is 5.34. The highest BCUT2D eigenvalue weighted by Crippen LogP contribution is 2.40. The minimum atomic E-state index is -0.471. The number of likely N-dealkylation sites (tertiary alicyclic amines) is 1. The molecule has 4 nitrogen and oxygen atoms in total. The molecule has 0 N–H and O–H groups in total. The molecule has 1 saturated heterocycles. The van der Waals surface area contributed by atoms with Gasteiger partial charge in [0.2, 0.25) is 11.8 Å². The molecule has 0 aromatic heterocycles. The van der Waals surface area contributed by atoms with Gasteiger partial charge in [-0.3, -0.25) is 19.3 Å². The van der Waals surface area contributed by atoms with Crippen LogP contribution in [0.1, 0.15) is 33.6 Å². The maximum Gasteiger partial charge on any atom is 0.234 e. The van der Waals surface area contributed by atoms with Crippen molar-refractivity contribution in [2.45, 2.75) is 39.2 Å². The molecule has 2 atom stereocenters. The van der Waals surface area contributed by atoms with Crippen LogP contribution in [-0.2, 0) is 14.4 Å². The van der Waals surface area contributed by atoms with Crippen LogP contribution in [0.3, 0.4) is 0 Å². The minimum absolute atomic E-state index is 0.0419. The van der Waals surface area contributed by atoms with E-state index in [1.54, 1.807) is 0 Å². The van der Waals surface area contributed by atoms with Crippen LogP contribution in [0, 0.1) is 11.8 Å². The largest absolute Gasteiger partial charge is 0.300 e. The van der Waals surface area contributed by atoms with Gasteiger partial charge in [0.15, 0.2) is 0 Å². The number of imide groups is 1. The smallest absolute Gasteiger partial charge is 0.234 e. The number of carbonyl (C=O) groups is 3. The summed E-state index contributed by atoms with van der Waals surface area (Å²) in [5.74, 6) is -1.03. The molecule has 15 heavy (non-hydrogen) atoms. The topological polar surface area (TPSA) is 54.5 Å². The SMILES string of the molecule is CC(C)(C)N1C(=O)C2CC(=O)CC2C1=O. The first-order valence-electron chi connectivity index (χ1n) is 5.22. The van der Waals surface area contributed by atoms with Crippen LogP contribution in [0.5, 0.6) is 0 Å². The summed E-state index contributed by atoms with van der Waals surface area (Å²) in [6.07, 6.45) is 0.504. The lowest BCUT2D eigenvalue weighted by Crippen LogP contribution is -2.46. The zero-order chi connectivity index (χ0) is 11.4. The van der Waals surface area contributed by atoms with E-state index in [1.807, 2.05) is 20.8 Å². The number of hydrogen-bond donors (Lipinski definition) is 0. The molecule has 1 heterocycles. The number of Topliss-reactive ketones (excluding diaryl/α,β-unsaturated/α-hetero) is 1. The van der Waals surface area contributed by atoms with Crippen LogP contribution >= 0.6 is 0 Å². The summed E-state index contributed by atoms with van der Waals surface area (Å²) in [7, 11) is 0. The van der Waals surface area contributed by atoms with Crippen LogP contribution in [0.25, 0.3) is 0 Å². The second kappa shape index (κ2) is 2.90. The van der Waals surface area contributed by atoms with Gasteiger partial charge < -0.3 is 0 Å². The number of carbonyl (C=O) groups excluding carboxylic acids is 3.